The van der Waals surface area contributed by atoms with E-state index in [9.17, 15) is 9.59 Å². The van der Waals surface area contributed by atoms with Gasteiger partial charge in [0.1, 0.15) is 5.70 Å². The Morgan fingerprint density at radius 1 is 1.00 bits per heavy atom. The van der Waals surface area contributed by atoms with Gasteiger partial charge in [-0.1, -0.05) is 24.3 Å². The molecule has 0 fully saturated rings. The first kappa shape index (κ1) is 13.3. The third kappa shape index (κ3) is 1.63. The van der Waals surface area contributed by atoms with Gasteiger partial charge in [0.05, 0.1) is 11.3 Å². The van der Waals surface area contributed by atoms with Crippen LogP contribution in [0.5, 0.6) is 0 Å². The maximum atomic E-state index is 12.7. The number of hydrogen-bond donors (Lipinski definition) is 1. The molecule has 108 valence electrons. The standard InChI is InChI=1S/C17H11BrN2O2/c1-20-15-10(6-4-7-11(15)18)13(17(20)22)14-16(21)9-5-2-3-8-12(9)19-14/h2-8,19H,1H3/b14-13-. The predicted molar refractivity (Wildman–Crippen MR) is 88.9 cm³/mol. The Hall–Kier alpha value is -2.40. The van der Waals surface area contributed by atoms with E-state index in [2.05, 4.69) is 21.2 Å². The van der Waals surface area contributed by atoms with Crippen molar-refractivity contribution in [3.63, 3.8) is 0 Å². The Labute approximate surface area is 135 Å². The van der Waals surface area contributed by atoms with E-state index in [1.165, 1.54) is 0 Å². The van der Waals surface area contributed by atoms with Crippen LogP contribution in [0.2, 0.25) is 0 Å². The number of carbonyl (C=O) groups excluding carboxylic acids is 2. The number of para-hydroxylation sites is 2. The van der Waals surface area contributed by atoms with Crippen molar-refractivity contribution in [2.24, 2.45) is 0 Å². The molecule has 2 aromatic carbocycles. The quantitative estimate of drug-likeness (QED) is 0.737. The molecule has 1 N–H and O–H groups in total. The fourth-order valence-corrected chi connectivity index (χ4v) is 3.61. The zero-order valence-corrected chi connectivity index (χ0v) is 13.3. The van der Waals surface area contributed by atoms with Gasteiger partial charge in [0.2, 0.25) is 5.78 Å². The summed E-state index contributed by atoms with van der Waals surface area (Å²) in [6.45, 7) is 0. The number of ketones is 1. The molecule has 1 amide bonds. The number of fused-ring (bicyclic) bond motifs is 2. The van der Waals surface area contributed by atoms with E-state index in [-0.39, 0.29) is 11.7 Å². The fourth-order valence-electron chi connectivity index (χ4n) is 2.98. The highest BCUT2D eigenvalue weighted by molar-refractivity contribution is 9.10. The molecular weight excluding hydrogens is 344 g/mol. The molecular formula is C17H11BrN2O2. The molecule has 2 aliphatic rings. The minimum Gasteiger partial charge on any atom is -0.351 e. The Bertz CT molecular complexity index is 886. The largest absolute Gasteiger partial charge is 0.351 e. The van der Waals surface area contributed by atoms with E-state index >= 15 is 0 Å². The first-order valence-corrected chi connectivity index (χ1v) is 7.61. The Morgan fingerprint density at radius 3 is 2.50 bits per heavy atom. The SMILES string of the molecule is CN1C(=O)/C(=C2\Nc3ccccc3C2=O)c2cccc(Br)c21. The first-order chi connectivity index (χ1) is 10.6. The summed E-state index contributed by atoms with van der Waals surface area (Å²) >= 11 is 3.47. The molecule has 0 radical (unpaired) electrons. The smallest absolute Gasteiger partial charge is 0.261 e. The Balaban J connectivity index is 1.97. The summed E-state index contributed by atoms with van der Waals surface area (Å²) in [5.41, 5.74) is 3.69. The topological polar surface area (TPSA) is 49.4 Å². The number of nitrogens with zero attached hydrogens (tertiary/aromatic N) is 1. The van der Waals surface area contributed by atoms with Crippen LogP contribution in [-0.4, -0.2) is 18.7 Å². The maximum Gasteiger partial charge on any atom is 0.261 e. The predicted octanol–water partition coefficient (Wildman–Crippen LogP) is 3.45. The van der Waals surface area contributed by atoms with Crippen molar-refractivity contribution in [1.82, 2.24) is 0 Å². The van der Waals surface area contributed by atoms with Gasteiger partial charge in [0.25, 0.3) is 5.91 Å². The zero-order valence-electron chi connectivity index (χ0n) is 11.7. The zero-order chi connectivity index (χ0) is 15.4. The first-order valence-electron chi connectivity index (χ1n) is 6.81. The number of likely N-dealkylation sites (N-methyl/N-ethyl adjacent to an activating group) is 1. The van der Waals surface area contributed by atoms with Gasteiger partial charge in [-0.15, -0.1) is 0 Å². The summed E-state index contributed by atoms with van der Waals surface area (Å²) in [6.07, 6.45) is 0. The van der Waals surface area contributed by atoms with Crippen molar-refractivity contribution in [2.75, 3.05) is 17.3 Å². The van der Waals surface area contributed by atoms with Crippen molar-refractivity contribution in [1.29, 1.82) is 0 Å². The monoisotopic (exact) mass is 354 g/mol. The van der Waals surface area contributed by atoms with Gasteiger partial charge in [-0.25, -0.2) is 0 Å². The highest BCUT2D eigenvalue weighted by atomic mass is 79.9. The van der Waals surface area contributed by atoms with Crippen molar-refractivity contribution >= 4 is 44.6 Å². The maximum absolute atomic E-state index is 12.7. The fraction of sp³-hybridized carbons (Fsp3) is 0.0588. The highest BCUT2D eigenvalue weighted by Gasteiger charge is 2.38. The van der Waals surface area contributed by atoms with Crippen molar-refractivity contribution in [2.45, 2.75) is 0 Å². The number of halogens is 1. The van der Waals surface area contributed by atoms with Crippen molar-refractivity contribution in [3.05, 3.63) is 63.8 Å². The minimum atomic E-state index is -0.175. The second kappa shape index (κ2) is 4.55. The third-order valence-electron chi connectivity index (χ3n) is 4.02. The molecule has 0 saturated carbocycles. The lowest BCUT2D eigenvalue weighted by Crippen LogP contribution is -2.22. The van der Waals surface area contributed by atoms with Crippen LogP contribution in [0.4, 0.5) is 11.4 Å². The third-order valence-corrected chi connectivity index (χ3v) is 4.66. The van der Waals surface area contributed by atoms with Crippen LogP contribution in [0, 0.1) is 0 Å². The van der Waals surface area contributed by atoms with E-state index in [0.29, 0.717) is 16.8 Å². The molecule has 2 heterocycles. The molecule has 2 aliphatic heterocycles. The molecule has 4 rings (SSSR count). The second-order valence-corrected chi connectivity index (χ2v) is 6.10. The molecule has 0 unspecified atom stereocenters. The Kier molecular flexibility index (Phi) is 2.74. The van der Waals surface area contributed by atoms with Crippen LogP contribution >= 0.6 is 15.9 Å². The van der Waals surface area contributed by atoms with Gasteiger partial charge in [0, 0.05) is 28.3 Å². The molecule has 0 aromatic heterocycles. The summed E-state index contributed by atoms with van der Waals surface area (Å²) in [7, 11) is 1.71. The summed E-state index contributed by atoms with van der Waals surface area (Å²) in [5, 5.41) is 3.10. The normalized spacial score (nSPS) is 19.3. The van der Waals surface area contributed by atoms with Crippen LogP contribution in [0.3, 0.4) is 0 Å². The van der Waals surface area contributed by atoms with Crippen molar-refractivity contribution in [3.8, 4) is 0 Å². The van der Waals surface area contributed by atoms with E-state index in [1.54, 1.807) is 18.0 Å². The molecule has 4 nitrogen and oxygen atoms in total. The number of benzene rings is 2. The van der Waals surface area contributed by atoms with Crippen LogP contribution in [0.15, 0.2) is 52.6 Å². The number of allylic oxidation sites excluding steroid dienone is 1. The highest BCUT2D eigenvalue weighted by Crippen LogP contribution is 2.44. The number of amides is 1. The van der Waals surface area contributed by atoms with Crippen molar-refractivity contribution < 1.29 is 9.59 Å². The van der Waals surface area contributed by atoms with Gasteiger partial charge in [0.15, 0.2) is 0 Å². The van der Waals surface area contributed by atoms with Crippen LogP contribution < -0.4 is 10.2 Å². The number of anilines is 2. The summed E-state index contributed by atoms with van der Waals surface area (Å²) in [4.78, 5) is 26.9. The van der Waals surface area contributed by atoms with E-state index in [0.717, 1.165) is 21.4 Å². The van der Waals surface area contributed by atoms with E-state index < -0.39 is 0 Å². The summed E-state index contributed by atoms with van der Waals surface area (Å²) < 4.78 is 0.833. The number of rotatable bonds is 0. The molecule has 2 aromatic rings. The molecule has 0 saturated heterocycles. The summed E-state index contributed by atoms with van der Waals surface area (Å²) in [6, 6.07) is 12.9. The molecule has 5 heteroatoms. The minimum absolute atomic E-state index is 0.139. The average molecular weight is 355 g/mol. The average Bonchev–Trinajstić information content (AvgIpc) is 2.97. The number of hydrogen-bond acceptors (Lipinski definition) is 3. The number of carbonyl (C=O) groups is 2. The van der Waals surface area contributed by atoms with Gasteiger partial charge in [-0.2, -0.15) is 0 Å². The molecule has 0 atom stereocenters. The molecule has 22 heavy (non-hydrogen) atoms. The lowest BCUT2D eigenvalue weighted by Gasteiger charge is -2.10. The molecule has 0 spiro atoms. The van der Waals surface area contributed by atoms with Gasteiger partial charge in [-0.05, 0) is 34.1 Å². The number of nitrogens with one attached hydrogen (secondary N) is 1. The van der Waals surface area contributed by atoms with E-state index in [4.69, 9.17) is 0 Å². The van der Waals surface area contributed by atoms with Gasteiger partial charge >= 0.3 is 0 Å². The van der Waals surface area contributed by atoms with Crippen LogP contribution in [0.1, 0.15) is 15.9 Å². The summed E-state index contributed by atoms with van der Waals surface area (Å²) in [5.74, 6) is -0.314. The van der Waals surface area contributed by atoms with Crippen LogP contribution in [0.25, 0.3) is 5.57 Å². The lowest BCUT2D eigenvalue weighted by atomic mass is 10.0. The van der Waals surface area contributed by atoms with Gasteiger partial charge in [-0.3, -0.25) is 9.59 Å². The Morgan fingerprint density at radius 2 is 1.73 bits per heavy atom. The lowest BCUT2D eigenvalue weighted by molar-refractivity contribution is -0.112. The van der Waals surface area contributed by atoms with E-state index in [1.807, 2.05) is 36.4 Å². The molecule has 0 aliphatic carbocycles. The number of Topliss-reactive ketones (excluding diaryl/α,β-unsaturated/α-hetero) is 1. The second-order valence-electron chi connectivity index (χ2n) is 5.25. The van der Waals surface area contributed by atoms with Gasteiger partial charge < -0.3 is 10.2 Å². The van der Waals surface area contributed by atoms with Crippen LogP contribution in [-0.2, 0) is 4.79 Å². The molecule has 0 bridgehead atoms.